The highest BCUT2D eigenvalue weighted by Gasteiger charge is 2.30. The molecule has 27 heavy (non-hydrogen) atoms. The molecule has 10 heteroatoms. The Hall–Kier alpha value is -1.52. The number of halogens is 2. The van der Waals surface area contributed by atoms with E-state index in [1.165, 1.54) is 29.2 Å². The molecule has 7 nitrogen and oxygen atoms in total. The molecule has 2 aromatic rings. The summed E-state index contributed by atoms with van der Waals surface area (Å²) < 4.78 is 49.2. The first-order valence-electron chi connectivity index (χ1n) is 8.56. The SMILES string of the molecule is C[C@H]1CN([C@@H](CNS(=O)(=O)c2cnn(C)c2)c2c(F)cccc2Cl)CCO1. The van der Waals surface area contributed by atoms with Crippen molar-refractivity contribution < 1.29 is 17.5 Å². The van der Waals surface area contributed by atoms with Gasteiger partial charge in [-0.1, -0.05) is 17.7 Å². The fourth-order valence-corrected chi connectivity index (χ4v) is 4.49. The highest BCUT2D eigenvalue weighted by atomic mass is 35.5. The molecule has 1 aliphatic rings. The van der Waals surface area contributed by atoms with Crippen LogP contribution in [0, 0.1) is 5.82 Å². The Morgan fingerprint density at radius 1 is 1.48 bits per heavy atom. The Morgan fingerprint density at radius 2 is 2.26 bits per heavy atom. The summed E-state index contributed by atoms with van der Waals surface area (Å²) >= 11 is 6.26. The van der Waals surface area contributed by atoms with Gasteiger partial charge in [-0.2, -0.15) is 5.10 Å². The van der Waals surface area contributed by atoms with Gasteiger partial charge in [0.1, 0.15) is 10.7 Å². The molecular weight excluding hydrogens is 395 g/mol. The van der Waals surface area contributed by atoms with Crippen LogP contribution in [0.3, 0.4) is 0 Å². The van der Waals surface area contributed by atoms with E-state index in [2.05, 4.69) is 9.82 Å². The summed E-state index contributed by atoms with van der Waals surface area (Å²) in [7, 11) is -2.14. The second-order valence-electron chi connectivity index (χ2n) is 6.53. The van der Waals surface area contributed by atoms with E-state index in [1.54, 1.807) is 13.1 Å². The first kappa shape index (κ1) is 20.2. The van der Waals surface area contributed by atoms with Crippen LogP contribution in [0.5, 0.6) is 0 Å². The summed E-state index contributed by atoms with van der Waals surface area (Å²) in [6.07, 6.45) is 2.63. The van der Waals surface area contributed by atoms with Crippen molar-refractivity contribution in [3.05, 3.63) is 47.0 Å². The van der Waals surface area contributed by atoms with Crippen molar-refractivity contribution in [2.75, 3.05) is 26.2 Å². The maximum Gasteiger partial charge on any atom is 0.243 e. The number of hydrogen-bond donors (Lipinski definition) is 1. The molecule has 1 N–H and O–H groups in total. The molecule has 0 spiro atoms. The molecule has 0 amide bonds. The molecule has 148 valence electrons. The van der Waals surface area contributed by atoms with Crippen LogP contribution in [0.4, 0.5) is 4.39 Å². The minimum absolute atomic E-state index is 0.0232. The summed E-state index contributed by atoms with van der Waals surface area (Å²) in [5, 5.41) is 4.15. The van der Waals surface area contributed by atoms with Crippen LogP contribution >= 0.6 is 11.6 Å². The van der Waals surface area contributed by atoms with Crippen LogP contribution in [0.2, 0.25) is 5.02 Å². The minimum atomic E-state index is -3.78. The van der Waals surface area contributed by atoms with E-state index < -0.39 is 21.9 Å². The van der Waals surface area contributed by atoms with Gasteiger partial charge in [0.15, 0.2) is 0 Å². The molecule has 0 bridgehead atoms. The number of aromatic nitrogens is 2. The summed E-state index contributed by atoms with van der Waals surface area (Å²) in [4.78, 5) is 2.04. The zero-order valence-corrected chi connectivity index (χ0v) is 16.7. The first-order chi connectivity index (χ1) is 12.8. The standard InChI is InChI=1S/C17H22ClFN4O3S/c1-12-10-23(6-7-26-12)16(17-14(18)4-3-5-15(17)19)9-21-27(24,25)13-8-20-22(2)11-13/h3-5,8,11-12,16,21H,6-7,9-10H2,1-2H3/t12-,16-/m0/s1. The molecule has 1 saturated heterocycles. The van der Waals surface area contributed by atoms with Gasteiger partial charge in [0.05, 0.1) is 24.9 Å². The highest BCUT2D eigenvalue weighted by molar-refractivity contribution is 7.89. The van der Waals surface area contributed by atoms with Gasteiger partial charge in [0.2, 0.25) is 10.0 Å². The Kier molecular flexibility index (Phi) is 6.17. The lowest BCUT2D eigenvalue weighted by Gasteiger charge is -2.38. The van der Waals surface area contributed by atoms with Crippen LogP contribution in [0.1, 0.15) is 18.5 Å². The fraction of sp³-hybridized carbons (Fsp3) is 0.471. The summed E-state index contributed by atoms with van der Waals surface area (Å²) in [5.74, 6) is -0.466. The molecule has 1 aliphatic heterocycles. The monoisotopic (exact) mass is 416 g/mol. The minimum Gasteiger partial charge on any atom is -0.376 e. The molecule has 1 aromatic carbocycles. The van der Waals surface area contributed by atoms with Gasteiger partial charge >= 0.3 is 0 Å². The number of rotatable bonds is 6. The van der Waals surface area contributed by atoms with Gasteiger partial charge in [0.25, 0.3) is 0 Å². The normalized spacial score (nSPS) is 19.9. The molecule has 2 heterocycles. The predicted molar refractivity (Wildman–Crippen MR) is 99.5 cm³/mol. The van der Waals surface area contributed by atoms with Crippen molar-refractivity contribution in [2.45, 2.75) is 24.0 Å². The maximum atomic E-state index is 14.6. The lowest BCUT2D eigenvalue weighted by atomic mass is 10.0. The fourth-order valence-electron chi connectivity index (χ4n) is 3.18. The molecule has 0 saturated carbocycles. The van der Waals surface area contributed by atoms with Crippen molar-refractivity contribution in [1.82, 2.24) is 19.4 Å². The Balaban J connectivity index is 1.88. The van der Waals surface area contributed by atoms with Crippen molar-refractivity contribution >= 4 is 21.6 Å². The average molecular weight is 417 g/mol. The van der Waals surface area contributed by atoms with E-state index in [4.69, 9.17) is 16.3 Å². The van der Waals surface area contributed by atoms with E-state index in [0.29, 0.717) is 19.7 Å². The Morgan fingerprint density at radius 3 is 2.89 bits per heavy atom. The lowest BCUT2D eigenvalue weighted by molar-refractivity contribution is -0.0342. The molecule has 0 unspecified atom stereocenters. The van der Waals surface area contributed by atoms with Gasteiger partial charge in [-0.15, -0.1) is 0 Å². The van der Waals surface area contributed by atoms with Gasteiger partial charge in [-0.25, -0.2) is 17.5 Å². The number of ether oxygens (including phenoxy) is 1. The largest absolute Gasteiger partial charge is 0.376 e. The lowest BCUT2D eigenvalue weighted by Crippen LogP contribution is -2.46. The number of morpholine rings is 1. The van der Waals surface area contributed by atoms with E-state index in [-0.39, 0.29) is 28.1 Å². The number of hydrogen-bond acceptors (Lipinski definition) is 5. The maximum absolute atomic E-state index is 14.6. The van der Waals surface area contributed by atoms with Crippen LogP contribution in [0.15, 0.2) is 35.5 Å². The summed E-state index contributed by atoms with van der Waals surface area (Å²) in [5.41, 5.74) is 0.280. The predicted octanol–water partition coefficient (Wildman–Crippen LogP) is 1.95. The number of benzene rings is 1. The molecular formula is C17H22ClFN4O3S. The van der Waals surface area contributed by atoms with Crippen LogP contribution in [0.25, 0.3) is 0 Å². The Bertz CT molecular complexity index is 885. The third-order valence-electron chi connectivity index (χ3n) is 4.50. The van der Waals surface area contributed by atoms with E-state index >= 15 is 0 Å². The van der Waals surface area contributed by atoms with Gasteiger partial charge < -0.3 is 4.74 Å². The molecule has 0 radical (unpaired) electrons. The van der Waals surface area contributed by atoms with Gasteiger partial charge in [-0.05, 0) is 19.1 Å². The van der Waals surface area contributed by atoms with Crippen LogP contribution in [-0.4, -0.2) is 55.4 Å². The molecule has 0 aliphatic carbocycles. The van der Waals surface area contributed by atoms with Crippen molar-refractivity contribution in [1.29, 1.82) is 0 Å². The Labute approximate surface area is 163 Å². The number of nitrogens with zero attached hydrogens (tertiary/aromatic N) is 3. The number of aryl methyl sites for hydroxylation is 1. The second kappa shape index (κ2) is 8.24. The molecule has 3 rings (SSSR count). The smallest absolute Gasteiger partial charge is 0.243 e. The zero-order chi connectivity index (χ0) is 19.6. The summed E-state index contributed by atoms with van der Waals surface area (Å²) in [6, 6.07) is 3.90. The molecule has 2 atom stereocenters. The van der Waals surface area contributed by atoms with Crippen LogP contribution < -0.4 is 4.72 Å². The highest BCUT2D eigenvalue weighted by Crippen LogP contribution is 2.31. The van der Waals surface area contributed by atoms with Crippen molar-refractivity contribution in [3.8, 4) is 0 Å². The third kappa shape index (κ3) is 4.67. The molecule has 1 fully saturated rings. The first-order valence-corrected chi connectivity index (χ1v) is 10.4. The number of nitrogens with one attached hydrogen (secondary N) is 1. The average Bonchev–Trinajstić information content (AvgIpc) is 3.05. The van der Waals surface area contributed by atoms with E-state index in [9.17, 15) is 12.8 Å². The summed E-state index contributed by atoms with van der Waals surface area (Å²) in [6.45, 7) is 3.48. The molecule has 1 aromatic heterocycles. The van der Waals surface area contributed by atoms with Gasteiger partial charge in [0, 0.05) is 43.5 Å². The van der Waals surface area contributed by atoms with Gasteiger partial charge in [-0.3, -0.25) is 9.58 Å². The van der Waals surface area contributed by atoms with Crippen molar-refractivity contribution in [2.24, 2.45) is 7.05 Å². The number of sulfonamides is 1. The van der Waals surface area contributed by atoms with Crippen molar-refractivity contribution in [3.63, 3.8) is 0 Å². The second-order valence-corrected chi connectivity index (χ2v) is 8.70. The van der Waals surface area contributed by atoms with E-state index in [0.717, 1.165) is 0 Å². The third-order valence-corrected chi connectivity index (χ3v) is 6.21. The quantitative estimate of drug-likeness (QED) is 0.778. The zero-order valence-electron chi connectivity index (χ0n) is 15.1. The van der Waals surface area contributed by atoms with Crippen LogP contribution in [-0.2, 0) is 21.8 Å². The van der Waals surface area contributed by atoms with E-state index in [1.807, 2.05) is 11.8 Å². The topological polar surface area (TPSA) is 76.5 Å².